The lowest BCUT2D eigenvalue weighted by atomic mass is 10.2. The molecule has 0 radical (unpaired) electrons. The second-order valence-electron chi connectivity index (χ2n) is 3.48. The van der Waals surface area contributed by atoms with Crippen LogP contribution < -0.4 is 5.32 Å². The molecule has 1 heterocycles. The van der Waals surface area contributed by atoms with Crippen molar-refractivity contribution in [2.75, 3.05) is 5.32 Å². The molecule has 0 atom stereocenters. The van der Waals surface area contributed by atoms with E-state index in [1.165, 1.54) is 12.3 Å². The molecule has 1 amide bonds. The lowest BCUT2D eigenvalue weighted by Crippen LogP contribution is -2.12. The molecule has 1 aromatic carbocycles. The zero-order chi connectivity index (χ0) is 14.0. The van der Waals surface area contributed by atoms with Crippen LogP contribution >= 0.6 is 15.9 Å². The van der Waals surface area contributed by atoms with Crippen molar-refractivity contribution in [2.45, 2.75) is 0 Å². The number of furan rings is 1. The van der Waals surface area contributed by atoms with E-state index in [0.29, 0.717) is 0 Å². The van der Waals surface area contributed by atoms with Crippen molar-refractivity contribution in [1.82, 2.24) is 0 Å². The summed E-state index contributed by atoms with van der Waals surface area (Å²) in [7, 11) is 0. The van der Waals surface area contributed by atoms with Crippen LogP contribution in [0.15, 0.2) is 39.6 Å². The molecule has 0 saturated carbocycles. The highest BCUT2D eigenvalue weighted by Gasteiger charge is 2.17. The first-order chi connectivity index (χ1) is 8.99. The number of amides is 1. The van der Waals surface area contributed by atoms with Crippen molar-refractivity contribution in [3.63, 3.8) is 0 Å². The molecular formula is C11H6BrFN2O4. The summed E-state index contributed by atoms with van der Waals surface area (Å²) in [6.45, 7) is 0. The Hall–Kier alpha value is -2.22. The third-order valence-electron chi connectivity index (χ3n) is 2.27. The predicted octanol–water partition coefficient (Wildman–Crippen LogP) is 3.34. The summed E-state index contributed by atoms with van der Waals surface area (Å²) in [6, 6.07) is 4.26. The van der Waals surface area contributed by atoms with Crippen molar-refractivity contribution in [1.29, 1.82) is 0 Å². The Morgan fingerprint density at radius 1 is 1.42 bits per heavy atom. The first-order valence-corrected chi connectivity index (χ1v) is 5.76. The van der Waals surface area contributed by atoms with Gasteiger partial charge in [0.1, 0.15) is 5.82 Å². The fourth-order valence-corrected chi connectivity index (χ4v) is 1.79. The minimum atomic E-state index is -0.765. The average Bonchev–Trinajstić information content (AvgIpc) is 2.78. The summed E-state index contributed by atoms with van der Waals surface area (Å²) >= 11 is 3.01. The van der Waals surface area contributed by atoms with Crippen molar-refractivity contribution in [3.8, 4) is 0 Å². The molecule has 98 valence electrons. The molecule has 0 unspecified atom stereocenters. The highest BCUT2D eigenvalue weighted by Crippen LogP contribution is 2.23. The predicted molar refractivity (Wildman–Crippen MR) is 67.4 cm³/mol. The van der Waals surface area contributed by atoms with E-state index in [2.05, 4.69) is 21.2 Å². The zero-order valence-corrected chi connectivity index (χ0v) is 10.8. The van der Waals surface area contributed by atoms with Crippen LogP contribution in [0.3, 0.4) is 0 Å². The number of carbonyl (C=O) groups is 1. The summed E-state index contributed by atoms with van der Waals surface area (Å²) in [5, 5.41) is 12.8. The maximum atomic E-state index is 13.5. The van der Waals surface area contributed by atoms with Crippen molar-refractivity contribution in [2.24, 2.45) is 0 Å². The number of non-ortho nitro benzene ring substituents is 1. The van der Waals surface area contributed by atoms with Gasteiger partial charge in [-0.1, -0.05) is 0 Å². The molecule has 2 rings (SSSR count). The number of benzene rings is 1. The molecule has 1 aromatic heterocycles. The Bertz CT molecular complexity index is 656. The Balaban J connectivity index is 2.28. The lowest BCUT2D eigenvalue weighted by molar-refractivity contribution is -0.384. The topological polar surface area (TPSA) is 85.4 Å². The maximum absolute atomic E-state index is 13.5. The van der Waals surface area contributed by atoms with E-state index in [1.807, 2.05) is 0 Å². The van der Waals surface area contributed by atoms with Crippen LogP contribution in [0.2, 0.25) is 0 Å². The summed E-state index contributed by atoms with van der Waals surface area (Å²) in [6.07, 6.45) is 1.28. The van der Waals surface area contributed by atoms with Gasteiger partial charge in [0.2, 0.25) is 0 Å². The first kappa shape index (κ1) is 13.2. The van der Waals surface area contributed by atoms with E-state index in [4.69, 9.17) is 4.42 Å². The molecule has 0 aliphatic carbocycles. The van der Waals surface area contributed by atoms with E-state index < -0.39 is 16.6 Å². The maximum Gasteiger partial charge on any atom is 0.271 e. The van der Waals surface area contributed by atoms with Crippen LogP contribution in [0.5, 0.6) is 0 Å². The molecule has 0 fully saturated rings. The largest absolute Gasteiger partial charge is 0.457 e. The number of nitro groups is 1. The number of nitrogens with one attached hydrogen (secondary N) is 1. The van der Waals surface area contributed by atoms with Gasteiger partial charge in [-0.15, -0.1) is 0 Å². The molecule has 19 heavy (non-hydrogen) atoms. The van der Waals surface area contributed by atoms with Gasteiger partial charge in [0.15, 0.2) is 4.67 Å². The molecule has 1 N–H and O–H groups in total. The lowest BCUT2D eigenvalue weighted by Gasteiger charge is -2.05. The van der Waals surface area contributed by atoms with Gasteiger partial charge in [0.25, 0.3) is 11.6 Å². The monoisotopic (exact) mass is 328 g/mol. The molecule has 8 heteroatoms. The summed E-state index contributed by atoms with van der Waals surface area (Å²) in [5.41, 5.74) is -0.429. The first-order valence-electron chi connectivity index (χ1n) is 4.97. The van der Waals surface area contributed by atoms with Crippen LogP contribution in [0.4, 0.5) is 15.8 Å². The Morgan fingerprint density at radius 3 is 2.74 bits per heavy atom. The SMILES string of the molecule is O=C(Nc1cc([N+](=O)[O-])ccc1F)c1ccoc1Br. The molecule has 0 bridgehead atoms. The number of anilines is 1. The molecule has 0 aliphatic heterocycles. The number of hydrogen-bond acceptors (Lipinski definition) is 4. The number of hydrogen-bond donors (Lipinski definition) is 1. The fraction of sp³-hybridized carbons (Fsp3) is 0. The van der Waals surface area contributed by atoms with Gasteiger partial charge >= 0.3 is 0 Å². The van der Waals surface area contributed by atoms with E-state index in [1.54, 1.807) is 0 Å². The quantitative estimate of drug-likeness (QED) is 0.691. The van der Waals surface area contributed by atoms with Crippen LogP contribution in [-0.2, 0) is 0 Å². The minimum absolute atomic E-state index is 0.158. The molecule has 0 aliphatic rings. The van der Waals surface area contributed by atoms with Crippen molar-refractivity contribution in [3.05, 3.63) is 56.7 Å². The van der Waals surface area contributed by atoms with E-state index in [9.17, 15) is 19.3 Å². The summed E-state index contributed by atoms with van der Waals surface area (Å²) in [5.74, 6) is -1.40. The number of halogens is 2. The Morgan fingerprint density at radius 2 is 2.16 bits per heavy atom. The van der Waals surface area contributed by atoms with E-state index in [0.717, 1.165) is 18.2 Å². The normalized spacial score (nSPS) is 10.2. The Labute approximate surface area is 114 Å². The highest BCUT2D eigenvalue weighted by atomic mass is 79.9. The van der Waals surface area contributed by atoms with Gasteiger partial charge < -0.3 is 9.73 Å². The second kappa shape index (κ2) is 5.19. The van der Waals surface area contributed by atoms with Crippen LogP contribution in [0.25, 0.3) is 0 Å². The van der Waals surface area contributed by atoms with Gasteiger partial charge in [-0.2, -0.15) is 0 Å². The number of carbonyl (C=O) groups excluding carboxylic acids is 1. The third-order valence-corrected chi connectivity index (χ3v) is 2.89. The molecule has 0 saturated heterocycles. The fourth-order valence-electron chi connectivity index (χ4n) is 1.37. The number of nitrogens with zero attached hydrogens (tertiary/aromatic N) is 1. The smallest absolute Gasteiger partial charge is 0.271 e. The van der Waals surface area contributed by atoms with Gasteiger partial charge in [-0.05, 0) is 28.1 Å². The highest BCUT2D eigenvalue weighted by molar-refractivity contribution is 9.10. The molecular weight excluding hydrogens is 323 g/mol. The average molecular weight is 329 g/mol. The summed E-state index contributed by atoms with van der Waals surface area (Å²) in [4.78, 5) is 21.7. The van der Waals surface area contributed by atoms with Crippen molar-refractivity contribution < 1.29 is 18.5 Å². The number of rotatable bonds is 3. The molecule has 6 nitrogen and oxygen atoms in total. The third kappa shape index (κ3) is 2.79. The molecule has 0 spiro atoms. The van der Waals surface area contributed by atoms with Crippen molar-refractivity contribution >= 4 is 33.2 Å². The van der Waals surface area contributed by atoms with E-state index >= 15 is 0 Å². The van der Waals surface area contributed by atoms with E-state index in [-0.39, 0.29) is 21.6 Å². The van der Waals surface area contributed by atoms with Crippen LogP contribution in [0, 0.1) is 15.9 Å². The van der Waals surface area contributed by atoms with Crippen LogP contribution in [0.1, 0.15) is 10.4 Å². The standard InChI is InChI=1S/C11H6BrFN2O4/c12-10-7(3-4-19-10)11(16)14-9-5-6(15(17)18)1-2-8(9)13/h1-5H,(H,14,16). The van der Waals surface area contributed by atoms with Gasteiger partial charge in [0, 0.05) is 12.1 Å². The summed E-state index contributed by atoms with van der Waals surface area (Å²) < 4.78 is 18.5. The molecule has 2 aromatic rings. The minimum Gasteiger partial charge on any atom is -0.457 e. The zero-order valence-electron chi connectivity index (χ0n) is 9.22. The van der Waals surface area contributed by atoms with Crippen LogP contribution in [-0.4, -0.2) is 10.8 Å². The number of nitro benzene ring substituents is 1. The van der Waals surface area contributed by atoms with Gasteiger partial charge in [-0.25, -0.2) is 4.39 Å². The van der Waals surface area contributed by atoms with Gasteiger partial charge in [-0.3, -0.25) is 14.9 Å². The second-order valence-corrected chi connectivity index (χ2v) is 4.20. The van der Waals surface area contributed by atoms with Gasteiger partial charge in [0.05, 0.1) is 22.4 Å². The Kier molecular flexibility index (Phi) is 3.61.